The molecule has 1 amide bonds. The first kappa shape index (κ1) is 24.2. The lowest BCUT2D eigenvalue weighted by Gasteiger charge is -2.19. The van der Waals surface area contributed by atoms with E-state index in [0.717, 1.165) is 55.0 Å². The normalized spacial score (nSPS) is 14.9. The molecule has 0 bridgehead atoms. The van der Waals surface area contributed by atoms with Crippen LogP contribution in [0.4, 0.5) is 5.69 Å². The number of benzene rings is 1. The van der Waals surface area contributed by atoms with Crippen molar-refractivity contribution in [3.8, 4) is 0 Å². The molecule has 1 aliphatic carbocycles. The Kier molecular flexibility index (Phi) is 7.91. The molecule has 1 fully saturated rings. The molecular formula is C27H40N4O. The fraction of sp³-hybridized carbons (Fsp3) is 0.593. The van der Waals surface area contributed by atoms with Gasteiger partial charge in [0, 0.05) is 30.5 Å². The van der Waals surface area contributed by atoms with Gasteiger partial charge in [0.05, 0.1) is 0 Å². The number of carbonyl (C=O) groups excluding carboxylic acids is 1. The zero-order valence-corrected chi connectivity index (χ0v) is 20.6. The quantitative estimate of drug-likeness (QED) is 0.400. The first-order chi connectivity index (χ1) is 15.2. The van der Waals surface area contributed by atoms with Gasteiger partial charge in [-0.3, -0.25) is 4.79 Å². The lowest BCUT2D eigenvalue weighted by Crippen LogP contribution is -2.19. The number of rotatable bonds is 11. The number of nitrogens with one attached hydrogen (secondary N) is 1. The molecule has 0 spiro atoms. The molecule has 1 aliphatic rings. The van der Waals surface area contributed by atoms with E-state index in [1.807, 2.05) is 25.1 Å². The van der Waals surface area contributed by atoms with Crippen molar-refractivity contribution in [2.24, 2.45) is 5.41 Å². The Balaban J connectivity index is 1.76. The van der Waals surface area contributed by atoms with E-state index in [1.54, 1.807) is 0 Å². The number of allylic oxidation sites excluding steroid dienone is 1. The van der Waals surface area contributed by atoms with Crippen LogP contribution in [0.25, 0.3) is 0 Å². The van der Waals surface area contributed by atoms with Gasteiger partial charge in [0.25, 0.3) is 0 Å². The van der Waals surface area contributed by atoms with Crippen LogP contribution in [0.2, 0.25) is 0 Å². The zero-order valence-electron chi connectivity index (χ0n) is 20.6. The summed E-state index contributed by atoms with van der Waals surface area (Å²) in [7, 11) is 0. The van der Waals surface area contributed by atoms with Crippen LogP contribution in [0.1, 0.15) is 100 Å². The Bertz CT molecular complexity index is 934. The second-order valence-electron chi connectivity index (χ2n) is 10.6. The van der Waals surface area contributed by atoms with E-state index in [-0.39, 0.29) is 11.8 Å². The zero-order chi connectivity index (χ0) is 23.3. The summed E-state index contributed by atoms with van der Waals surface area (Å²) in [6, 6.07) is 6.61. The maximum Gasteiger partial charge on any atom is 0.225 e. The van der Waals surface area contributed by atoms with E-state index in [2.05, 4.69) is 60.4 Å². The van der Waals surface area contributed by atoms with E-state index in [4.69, 9.17) is 0 Å². The summed E-state index contributed by atoms with van der Waals surface area (Å²) in [5.41, 5.74) is 3.49. The molecule has 174 valence electrons. The maximum atomic E-state index is 13.0. The Labute approximate surface area is 193 Å². The van der Waals surface area contributed by atoms with Gasteiger partial charge in [0.2, 0.25) is 5.91 Å². The lowest BCUT2D eigenvalue weighted by atomic mass is 9.90. The molecule has 1 atom stereocenters. The number of anilines is 1. The molecule has 1 aromatic carbocycles. The maximum absolute atomic E-state index is 13.0. The van der Waals surface area contributed by atoms with Gasteiger partial charge in [-0.1, -0.05) is 44.5 Å². The summed E-state index contributed by atoms with van der Waals surface area (Å²) in [5.74, 6) is 2.15. The second-order valence-corrected chi connectivity index (χ2v) is 10.6. The smallest absolute Gasteiger partial charge is 0.225 e. The minimum absolute atomic E-state index is 0.0330. The topological polar surface area (TPSA) is 59.8 Å². The van der Waals surface area contributed by atoms with Gasteiger partial charge in [-0.15, -0.1) is 16.8 Å². The summed E-state index contributed by atoms with van der Waals surface area (Å²) in [6.45, 7) is 14.8. The molecule has 32 heavy (non-hydrogen) atoms. The molecule has 2 aromatic rings. The van der Waals surface area contributed by atoms with Crippen LogP contribution in [0.3, 0.4) is 0 Å². The lowest BCUT2D eigenvalue weighted by molar-refractivity contribution is -0.116. The number of amides is 1. The molecule has 0 aliphatic heterocycles. The number of hydrogen-bond acceptors (Lipinski definition) is 3. The molecule has 5 heteroatoms. The fourth-order valence-corrected chi connectivity index (χ4v) is 4.31. The highest BCUT2D eigenvalue weighted by atomic mass is 16.1. The van der Waals surface area contributed by atoms with Gasteiger partial charge in [0.1, 0.15) is 11.6 Å². The van der Waals surface area contributed by atoms with Gasteiger partial charge in [-0.05, 0) is 69.4 Å². The van der Waals surface area contributed by atoms with Gasteiger partial charge < -0.3 is 9.88 Å². The Morgan fingerprint density at radius 1 is 1.28 bits per heavy atom. The van der Waals surface area contributed by atoms with Gasteiger partial charge >= 0.3 is 0 Å². The molecule has 1 heterocycles. The Morgan fingerprint density at radius 3 is 2.66 bits per heavy atom. The van der Waals surface area contributed by atoms with Crippen molar-refractivity contribution >= 4 is 11.6 Å². The van der Waals surface area contributed by atoms with E-state index < -0.39 is 0 Å². The van der Waals surface area contributed by atoms with Crippen LogP contribution in [0.15, 0.2) is 30.9 Å². The highest BCUT2D eigenvalue weighted by Crippen LogP contribution is 2.40. The summed E-state index contributed by atoms with van der Waals surface area (Å²) in [6.07, 6.45) is 9.64. The molecule has 1 unspecified atom stereocenters. The van der Waals surface area contributed by atoms with Gasteiger partial charge in [0.15, 0.2) is 0 Å². The number of aryl methyl sites for hydroxylation is 3. The number of carbonyl (C=O) groups is 1. The van der Waals surface area contributed by atoms with E-state index in [1.165, 1.54) is 18.4 Å². The third-order valence-corrected chi connectivity index (χ3v) is 6.20. The molecule has 0 saturated heterocycles. The van der Waals surface area contributed by atoms with Crippen LogP contribution in [-0.4, -0.2) is 20.7 Å². The summed E-state index contributed by atoms with van der Waals surface area (Å²) in [5, 5.41) is 12.3. The van der Waals surface area contributed by atoms with E-state index in [0.29, 0.717) is 17.9 Å². The monoisotopic (exact) mass is 436 g/mol. The predicted octanol–water partition coefficient (Wildman–Crippen LogP) is 6.68. The largest absolute Gasteiger partial charge is 0.326 e. The third-order valence-electron chi connectivity index (χ3n) is 6.20. The van der Waals surface area contributed by atoms with Crippen LogP contribution >= 0.6 is 0 Å². The van der Waals surface area contributed by atoms with Crippen molar-refractivity contribution in [2.45, 2.75) is 97.9 Å². The first-order valence-corrected chi connectivity index (χ1v) is 12.1. The summed E-state index contributed by atoms with van der Waals surface area (Å²) < 4.78 is 2.36. The molecule has 1 aromatic heterocycles. The second kappa shape index (κ2) is 10.5. The fourth-order valence-electron chi connectivity index (χ4n) is 4.31. The first-order valence-electron chi connectivity index (χ1n) is 12.1. The van der Waals surface area contributed by atoms with Crippen molar-refractivity contribution in [3.05, 3.63) is 53.6 Å². The van der Waals surface area contributed by atoms with Crippen molar-refractivity contribution in [1.82, 2.24) is 14.8 Å². The molecule has 1 saturated carbocycles. The van der Waals surface area contributed by atoms with Gasteiger partial charge in [-0.2, -0.15) is 0 Å². The molecule has 0 radical (unpaired) electrons. The van der Waals surface area contributed by atoms with E-state index >= 15 is 0 Å². The number of aromatic nitrogens is 3. The van der Waals surface area contributed by atoms with Crippen LogP contribution in [0.5, 0.6) is 0 Å². The molecule has 5 nitrogen and oxygen atoms in total. The average molecular weight is 437 g/mol. The standard InChI is InChI=1S/C27H40N4O/c1-7-8-10-21(18-25(32)28-23-15-12-19(2)17-20(23)3)26-30-29-24(31(26)22-13-14-22)11-9-16-27(4,5)6/h7,12,15,17,21-22H,1,8-11,13-14,16,18H2,2-6H3,(H,28,32). The van der Waals surface area contributed by atoms with Gasteiger partial charge in [-0.25, -0.2) is 0 Å². The Hall–Kier alpha value is -2.43. The highest BCUT2D eigenvalue weighted by Gasteiger charge is 2.32. The predicted molar refractivity (Wildman–Crippen MR) is 132 cm³/mol. The summed E-state index contributed by atoms with van der Waals surface area (Å²) >= 11 is 0. The third kappa shape index (κ3) is 6.78. The SMILES string of the molecule is C=CCCC(CC(=O)Nc1ccc(C)cc1C)c1nnc(CCCC(C)(C)C)n1C1CC1. The molecule has 3 rings (SSSR count). The summed E-state index contributed by atoms with van der Waals surface area (Å²) in [4.78, 5) is 13.0. The molecular weight excluding hydrogens is 396 g/mol. The molecule has 1 N–H and O–H groups in total. The highest BCUT2D eigenvalue weighted by molar-refractivity contribution is 5.92. The van der Waals surface area contributed by atoms with Crippen LogP contribution < -0.4 is 5.32 Å². The number of hydrogen-bond donors (Lipinski definition) is 1. The average Bonchev–Trinajstić information content (AvgIpc) is 3.46. The van der Waals surface area contributed by atoms with Crippen molar-refractivity contribution in [2.75, 3.05) is 5.32 Å². The van der Waals surface area contributed by atoms with Crippen LogP contribution in [0, 0.1) is 19.3 Å². The Morgan fingerprint density at radius 2 is 2.03 bits per heavy atom. The van der Waals surface area contributed by atoms with Crippen molar-refractivity contribution < 1.29 is 4.79 Å². The van der Waals surface area contributed by atoms with E-state index in [9.17, 15) is 4.79 Å². The minimum atomic E-state index is 0.0330. The number of nitrogens with zero attached hydrogens (tertiary/aromatic N) is 3. The van der Waals surface area contributed by atoms with Crippen molar-refractivity contribution in [3.63, 3.8) is 0 Å². The van der Waals surface area contributed by atoms with Crippen LogP contribution in [-0.2, 0) is 11.2 Å². The minimum Gasteiger partial charge on any atom is -0.326 e. The van der Waals surface area contributed by atoms with Crippen molar-refractivity contribution in [1.29, 1.82) is 0 Å².